The van der Waals surface area contributed by atoms with E-state index in [9.17, 15) is 9.59 Å². The van der Waals surface area contributed by atoms with Crippen LogP contribution in [-0.4, -0.2) is 44.1 Å². The van der Waals surface area contributed by atoms with Crippen LogP contribution in [0.5, 0.6) is 0 Å². The van der Waals surface area contributed by atoms with E-state index < -0.39 is 5.54 Å². The molecule has 0 saturated heterocycles. The number of hydrogen-bond acceptors (Lipinski definition) is 3. The van der Waals surface area contributed by atoms with Crippen molar-refractivity contribution in [2.24, 2.45) is 0 Å². The lowest BCUT2D eigenvalue weighted by atomic mass is 9.86. The van der Waals surface area contributed by atoms with E-state index in [0.29, 0.717) is 12.2 Å². The van der Waals surface area contributed by atoms with Crippen LogP contribution in [0.2, 0.25) is 0 Å². The molecule has 1 aromatic heterocycles. The molecular formula is C29H40N4O2. The number of nitrogens with zero attached hydrogens (tertiary/aromatic N) is 3. The predicted octanol–water partition coefficient (Wildman–Crippen LogP) is 5.50. The average molecular weight is 477 g/mol. The molecule has 2 saturated carbocycles. The van der Waals surface area contributed by atoms with E-state index in [0.717, 1.165) is 69.0 Å². The normalized spacial score (nSPS) is 24.2. The molecule has 188 valence electrons. The summed E-state index contributed by atoms with van der Waals surface area (Å²) in [5, 5.41) is 8.20. The van der Waals surface area contributed by atoms with E-state index in [-0.39, 0.29) is 23.9 Å². The number of amides is 2. The van der Waals surface area contributed by atoms with Crippen LogP contribution in [0.1, 0.15) is 101 Å². The number of aryl methyl sites for hydroxylation is 1. The van der Waals surface area contributed by atoms with Crippen LogP contribution in [0.3, 0.4) is 0 Å². The fraction of sp³-hybridized carbons (Fsp3) is 0.621. The van der Waals surface area contributed by atoms with E-state index in [1.165, 1.54) is 24.8 Å². The van der Waals surface area contributed by atoms with Gasteiger partial charge in [-0.05, 0) is 50.7 Å². The Morgan fingerprint density at radius 2 is 1.63 bits per heavy atom. The van der Waals surface area contributed by atoms with Gasteiger partial charge >= 0.3 is 0 Å². The van der Waals surface area contributed by atoms with Gasteiger partial charge in [0.15, 0.2) is 0 Å². The van der Waals surface area contributed by atoms with Crippen molar-refractivity contribution in [3.8, 4) is 11.3 Å². The predicted molar refractivity (Wildman–Crippen MR) is 138 cm³/mol. The fourth-order valence-electron chi connectivity index (χ4n) is 6.33. The first-order valence-corrected chi connectivity index (χ1v) is 13.8. The molecule has 1 atom stereocenters. The SMILES string of the molecule is CCc1ccc(-c2cc3n(n2)C[C@@](C)(C(=O)NC2CCCCCC2)N(C2CCCCC2)C3=O)cc1. The number of hydrogen-bond donors (Lipinski definition) is 1. The van der Waals surface area contributed by atoms with Crippen molar-refractivity contribution in [3.63, 3.8) is 0 Å². The Kier molecular flexibility index (Phi) is 6.99. The Balaban J connectivity index is 1.47. The van der Waals surface area contributed by atoms with Gasteiger partial charge in [0.2, 0.25) is 5.91 Å². The van der Waals surface area contributed by atoms with Crippen LogP contribution in [-0.2, 0) is 17.8 Å². The standard InChI is InChI=1S/C29H40N4O2/c1-3-21-15-17-22(18-16-21)25-19-26-27(34)33(24-13-9-6-10-14-24)29(2,20-32(26)31-25)28(35)30-23-11-7-4-5-8-12-23/h15-19,23-24H,3-14,20H2,1-2H3,(H,30,35)/t29-/m0/s1. The highest BCUT2D eigenvalue weighted by atomic mass is 16.2. The Morgan fingerprint density at radius 1 is 1.00 bits per heavy atom. The van der Waals surface area contributed by atoms with E-state index >= 15 is 0 Å². The van der Waals surface area contributed by atoms with Gasteiger partial charge in [0.05, 0.1) is 12.2 Å². The lowest BCUT2D eigenvalue weighted by molar-refractivity contribution is -0.135. The minimum Gasteiger partial charge on any atom is -0.351 e. The lowest BCUT2D eigenvalue weighted by Gasteiger charge is -2.48. The van der Waals surface area contributed by atoms with Crippen molar-refractivity contribution in [1.82, 2.24) is 20.0 Å². The second-order valence-corrected chi connectivity index (χ2v) is 11.0. The Bertz CT molecular complexity index is 1050. The zero-order valence-corrected chi connectivity index (χ0v) is 21.4. The van der Waals surface area contributed by atoms with E-state index in [2.05, 4.69) is 36.5 Å². The number of benzene rings is 1. The summed E-state index contributed by atoms with van der Waals surface area (Å²) in [6, 6.07) is 10.6. The van der Waals surface area contributed by atoms with Crippen LogP contribution < -0.4 is 5.32 Å². The largest absolute Gasteiger partial charge is 0.351 e. The number of rotatable bonds is 5. The van der Waals surface area contributed by atoms with Gasteiger partial charge in [0.1, 0.15) is 11.2 Å². The summed E-state index contributed by atoms with van der Waals surface area (Å²) in [7, 11) is 0. The molecule has 6 heteroatoms. The summed E-state index contributed by atoms with van der Waals surface area (Å²) in [6.45, 7) is 4.51. The highest BCUT2D eigenvalue weighted by Gasteiger charge is 2.51. The van der Waals surface area contributed by atoms with Gasteiger partial charge in [0, 0.05) is 17.6 Å². The summed E-state index contributed by atoms with van der Waals surface area (Å²) in [5.74, 6) is -0.0658. The summed E-state index contributed by atoms with van der Waals surface area (Å²) in [5.41, 5.74) is 2.75. The topological polar surface area (TPSA) is 67.2 Å². The molecule has 1 aliphatic heterocycles. The van der Waals surface area contributed by atoms with Crippen molar-refractivity contribution in [3.05, 3.63) is 41.6 Å². The molecule has 0 spiro atoms. The summed E-state index contributed by atoms with van der Waals surface area (Å²) in [6.07, 6.45) is 13.2. The quantitative estimate of drug-likeness (QED) is 0.580. The molecule has 2 heterocycles. The monoisotopic (exact) mass is 476 g/mol. The maximum Gasteiger partial charge on any atom is 0.273 e. The van der Waals surface area contributed by atoms with Crippen molar-refractivity contribution >= 4 is 11.8 Å². The maximum absolute atomic E-state index is 14.0. The molecule has 5 rings (SSSR count). The van der Waals surface area contributed by atoms with Gasteiger partial charge < -0.3 is 10.2 Å². The Hall–Kier alpha value is -2.63. The number of nitrogens with one attached hydrogen (secondary N) is 1. The molecule has 6 nitrogen and oxygen atoms in total. The van der Waals surface area contributed by atoms with Gasteiger partial charge in [-0.2, -0.15) is 5.10 Å². The molecule has 2 aromatic rings. The molecule has 2 amide bonds. The van der Waals surface area contributed by atoms with Gasteiger partial charge in [-0.15, -0.1) is 0 Å². The number of carbonyl (C=O) groups is 2. The molecule has 2 aliphatic carbocycles. The summed E-state index contributed by atoms with van der Waals surface area (Å²) in [4.78, 5) is 29.9. The van der Waals surface area contributed by atoms with Crippen LogP contribution in [0.4, 0.5) is 0 Å². The van der Waals surface area contributed by atoms with Crippen molar-refractivity contribution in [2.45, 2.75) is 115 Å². The minimum absolute atomic E-state index is 0.0154. The smallest absolute Gasteiger partial charge is 0.273 e. The van der Waals surface area contributed by atoms with Crippen LogP contribution in [0.15, 0.2) is 30.3 Å². The summed E-state index contributed by atoms with van der Waals surface area (Å²) < 4.78 is 1.79. The third-order valence-electron chi connectivity index (χ3n) is 8.48. The second kappa shape index (κ2) is 10.2. The first kappa shape index (κ1) is 24.1. The molecule has 3 aliphatic rings. The Morgan fingerprint density at radius 3 is 2.29 bits per heavy atom. The molecule has 1 N–H and O–H groups in total. The molecule has 1 aromatic carbocycles. The van der Waals surface area contributed by atoms with Crippen LogP contribution in [0, 0.1) is 0 Å². The third kappa shape index (κ3) is 4.76. The number of carbonyl (C=O) groups excluding carboxylic acids is 2. The zero-order valence-electron chi connectivity index (χ0n) is 21.4. The van der Waals surface area contributed by atoms with Crippen molar-refractivity contribution < 1.29 is 9.59 Å². The minimum atomic E-state index is -0.937. The second-order valence-electron chi connectivity index (χ2n) is 11.0. The first-order valence-electron chi connectivity index (χ1n) is 13.8. The highest BCUT2D eigenvalue weighted by Crippen LogP contribution is 2.36. The van der Waals surface area contributed by atoms with Gasteiger partial charge in [-0.25, -0.2) is 0 Å². The molecule has 0 bridgehead atoms. The van der Waals surface area contributed by atoms with Gasteiger partial charge in [-0.1, -0.05) is 76.1 Å². The highest BCUT2D eigenvalue weighted by molar-refractivity contribution is 6.00. The molecule has 0 unspecified atom stereocenters. The lowest BCUT2D eigenvalue weighted by Crippen LogP contribution is -2.67. The van der Waals surface area contributed by atoms with E-state index in [1.807, 2.05) is 17.9 Å². The van der Waals surface area contributed by atoms with Crippen LogP contribution >= 0.6 is 0 Å². The van der Waals surface area contributed by atoms with E-state index in [1.54, 1.807) is 4.68 Å². The Labute approximate surface area is 209 Å². The molecular weight excluding hydrogens is 436 g/mol. The number of fused-ring (bicyclic) bond motifs is 1. The first-order chi connectivity index (χ1) is 17.0. The molecule has 2 fully saturated rings. The van der Waals surface area contributed by atoms with Gasteiger partial charge in [-0.3, -0.25) is 14.3 Å². The van der Waals surface area contributed by atoms with Crippen molar-refractivity contribution in [2.75, 3.05) is 0 Å². The fourth-order valence-corrected chi connectivity index (χ4v) is 6.33. The number of aromatic nitrogens is 2. The van der Waals surface area contributed by atoms with E-state index in [4.69, 9.17) is 5.10 Å². The van der Waals surface area contributed by atoms with Crippen LogP contribution in [0.25, 0.3) is 11.3 Å². The van der Waals surface area contributed by atoms with Crippen molar-refractivity contribution in [1.29, 1.82) is 0 Å². The zero-order chi connectivity index (χ0) is 24.4. The van der Waals surface area contributed by atoms with Gasteiger partial charge in [0.25, 0.3) is 5.91 Å². The maximum atomic E-state index is 14.0. The molecule has 35 heavy (non-hydrogen) atoms. The third-order valence-corrected chi connectivity index (χ3v) is 8.48. The molecule has 0 radical (unpaired) electrons. The summed E-state index contributed by atoms with van der Waals surface area (Å²) >= 11 is 0. The average Bonchev–Trinajstić information content (AvgIpc) is 3.13.